The summed E-state index contributed by atoms with van der Waals surface area (Å²) < 4.78 is 7.00. The number of oxazole rings is 1. The molecule has 12 rings (SSSR count). The van der Waals surface area contributed by atoms with Crippen molar-refractivity contribution in [3.05, 3.63) is 246 Å². The summed E-state index contributed by atoms with van der Waals surface area (Å²) in [7, 11) is 0. The predicted octanol–water partition coefficient (Wildman–Crippen LogP) is 12.7. The summed E-state index contributed by atoms with van der Waals surface area (Å²) in [4.78, 5) is 89.7. The Kier molecular flexibility index (Phi) is 15.7. The number of rotatable bonds is 18. The number of carbonyl (C=O) groups excluding carboxylic acids is 6. The Hall–Kier alpha value is -8.94. The summed E-state index contributed by atoms with van der Waals surface area (Å²) in [5.41, 5.74) is 3.86. The third-order valence-electron chi connectivity index (χ3n) is 16.3. The first-order valence-corrected chi connectivity index (χ1v) is 29.5. The first-order chi connectivity index (χ1) is 41.1. The minimum atomic E-state index is -0.825. The number of hydrogen-bond acceptors (Lipinski definition) is 11. The van der Waals surface area contributed by atoms with Crippen molar-refractivity contribution in [2.24, 2.45) is 11.8 Å². The van der Waals surface area contributed by atoms with E-state index in [1.54, 1.807) is 119 Å². The molecule has 6 amide bonds. The lowest BCUT2D eigenvalue weighted by Crippen LogP contribution is -2.62. The highest BCUT2D eigenvalue weighted by Crippen LogP contribution is 2.58. The van der Waals surface area contributed by atoms with Crippen LogP contribution < -0.4 is 31.9 Å². The second-order valence-corrected chi connectivity index (χ2v) is 24.0. The van der Waals surface area contributed by atoms with E-state index in [1.165, 1.54) is 23.8 Å². The molecule has 9 aromatic rings. The molecular weight excluding hydrogens is 1160 g/mol. The second kappa shape index (κ2) is 23.6. The fourth-order valence-corrected chi connectivity index (χ4v) is 13.0. The van der Waals surface area contributed by atoms with E-state index in [0.717, 1.165) is 36.0 Å². The normalized spacial score (nSPS) is 19.2. The Labute approximate surface area is 506 Å². The standard InChI is InChI=1S/C64H53Cl3N10O7S/c65-46-8-1-5-38(29-46)55(78)69-49-17-11-43(12-18-49)62(24-4-25-62)73-59(82)53-37-85-54(72-53)36-77-27-23-52(76-77)58(81)74-63(44-13-19-50(20-14-44)70-56(79)39-6-2-9-47(66)30-39)32-41(33-63)42-34-64(35-42,75-60(83)61-68-26-28-84-61)45-15-21-51(22-16-45)71-57(80)40-7-3-10-48(67)31-40/h1-3,5-23,26-31,37,41-42H,4,24-25,32-36H2,(H,69,78)(H,70,79)(H,71,80)(H,73,82)(H,74,81)(H,75,83). The Morgan fingerprint density at radius 1 is 0.529 bits per heavy atom. The lowest BCUT2D eigenvalue weighted by atomic mass is 9.51. The van der Waals surface area contributed by atoms with Gasteiger partial charge in [-0.25, -0.2) is 9.97 Å². The fraction of sp³-hybridized carbons (Fsp3) is 0.203. The van der Waals surface area contributed by atoms with Crippen LogP contribution in [0, 0.1) is 11.8 Å². The highest BCUT2D eigenvalue weighted by molar-refractivity contribution is 7.09. The van der Waals surface area contributed by atoms with Crippen LogP contribution in [-0.4, -0.2) is 55.2 Å². The number of hydrogen-bond donors (Lipinski definition) is 6. The van der Waals surface area contributed by atoms with Gasteiger partial charge in [-0.2, -0.15) is 5.10 Å². The molecule has 3 saturated carbocycles. The maximum Gasteiger partial charge on any atom is 0.307 e. The molecule has 3 aliphatic carbocycles. The maximum atomic E-state index is 14.4. The SMILES string of the molecule is O=C(Nc1ccc(C2(NC(=O)c3csc(Cn4ccc(C(=O)NC5(c6ccc(NC(=O)c7cccc(Cl)c7)cc6)CC(C6CC(NC(=O)c7ncco7)(c7ccc(NC(=O)c8cccc(Cl)c8)cc7)C6)C5)n4)n3)CCC2)cc1)c1cccc(Cl)c1. The molecule has 0 radical (unpaired) electrons. The largest absolute Gasteiger partial charge is 0.441 e. The van der Waals surface area contributed by atoms with Gasteiger partial charge in [0.05, 0.1) is 29.4 Å². The summed E-state index contributed by atoms with van der Waals surface area (Å²) in [6.45, 7) is 0.213. The van der Waals surface area contributed by atoms with Crippen LogP contribution in [-0.2, 0) is 23.2 Å². The first kappa shape index (κ1) is 56.5. The smallest absolute Gasteiger partial charge is 0.307 e. The molecule has 3 aromatic heterocycles. The predicted molar refractivity (Wildman–Crippen MR) is 324 cm³/mol. The molecule has 3 heterocycles. The topological polar surface area (TPSA) is 231 Å². The van der Waals surface area contributed by atoms with Crippen molar-refractivity contribution in [3.8, 4) is 0 Å². The minimum Gasteiger partial charge on any atom is -0.441 e. The molecule has 6 N–H and O–H groups in total. The molecule has 0 bridgehead atoms. The number of nitrogens with zero attached hydrogens (tertiary/aromatic N) is 4. The molecule has 428 valence electrons. The Morgan fingerprint density at radius 2 is 0.965 bits per heavy atom. The van der Waals surface area contributed by atoms with Crippen LogP contribution in [0.5, 0.6) is 0 Å². The van der Waals surface area contributed by atoms with Crippen LogP contribution in [0.1, 0.15) is 129 Å². The van der Waals surface area contributed by atoms with Crippen molar-refractivity contribution < 1.29 is 33.2 Å². The zero-order valence-electron chi connectivity index (χ0n) is 45.2. The van der Waals surface area contributed by atoms with Gasteiger partial charge < -0.3 is 36.3 Å². The molecule has 0 spiro atoms. The van der Waals surface area contributed by atoms with E-state index >= 15 is 0 Å². The van der Waals surface area contributed by atoms with Crippen molar-refractivity contribution in [2.45, 2.75) is 68.1 Å². The van der Waals surface area contributed by atoms with Gasteiger partial charge in [0.1, 0.15) is 22.7 Å². The Balaban J connectivity index is 0.722. The number of thiazole rings is 1. The van der Waals surface area contributed by atoms with Gasteiger partial charge in [0.2, 0.25) is 0 Å². The van der Waals surface area contributed by atoms with Crippen LogP contribution in [0.3, 0.4) is 0 Å². The second-order valence-electron chi connectivity index (χ2n) is 21.8. The molecule has 85 heavy (non-hydrogen) atoms. The fourth-order valence-electron chi connectivity index (χ4n) is 11.7. The Bertz CT molecular complexity index is 4010. The van der Waals surface area contributed by atoms with Crippen LogP contribution in [0.25, 0.3) is 0 Å². The summed E-state index contributed by atoms with van der Waals surface area (Å²) in [6, 6.07) is 44.0. The number of anilines is 3. The van der Waals surface area contributed by atoms with Crippen molar-refractivity contribution >= 4 is 98.6 Å². The van der Waals surface area contributed by atoms with Gasteiger partial charge in [-0.1, -0.05) is 89.4 Å². The van der Waals surface area contributed by atoms with Crippen LogP contribution in [0.15, 0.2) is 180 Å². The number of amides is 6. The average Bonchev–Trinajstić information content (AvgIpc) is 3.45. The van der Waals surface area contributed by atoms with E-state index in [1.807, 2.05) is 48.5 Å². The molecule has 21 heteroatoms. The summed E-state index contributed by atoms with van der Waals surface area (Å²) in [6.07, 6.45) is 9.17. The number of aromatic nitrogens is 4. The molecule has 3 aliphatic rings. The lowest BCUT2D eigenvalue weighted by molar-refractivity contribution is -0.0236. The summed E-state index contributed by atoms with van der Waals surface area (Å²) in [5, 5.41) is 26.9. The third kappa shape index (κ3) is 12.2. The van der Waals surface area contributed by atoms with E-state index in [2.05, 4.69) is 47.0 Å². The van der Waals surface area contributed by atoms with Gasteiger partial charge in [-0.15, -0.1) is 11.3 Å². The average molecular weight is 1210 g/mol. The van der Waals surface area contributed by atoms with Crippen LogP contribution >= 0.6 is 46.1 Å². The summed E-state index contributed by atoms with van der Waals surface area (Å²) in [5.74, 6) is -1.89. The van der Waals surface area contributed by atoms with Gasteiger partial charge >= 0.3 is 5.91 Å². The van der Waals surface area contributed by atoms with Gasteiger partial charge in [0.15, 0.2) is 0 Å². The molecular formula is C64H53Cl3N10O7S. The van der Waals surface area contributed by atoms with Crippen molar-refractivity contribution in [2.75, 3.05) is 16.0 Å². The van der Waals surface area contributed by atoms with Crippen molar-refractivity contribution in [1.82, 2.24) is 35.7 Å². The maximum absolute atomic E-state index is 14.4. The molecule has 6 aromatic carbocycles. The van der Waals surface area contributed by atoms with Crippen LogP contribution in [0.4, 0.5) is 17.1 Å². The molecule has 0 aliphatic heterocycles. The zero-order chi connectivity index (χ0) is 58.9. The van der Waals surface area contributed by atoms with Crippen molar-refractivity contribution in [3.63, 3.8) is 0 Å². The van der Waals surface area contributed by atoms with E-state index < -0.39 is 22.5 Å². The number of carbonyl (C=O) groups is 6. The third-order valence-corrected chi connectivity index (χ3v) is 17.8. The highest BCUT2D eigenvalue weighted by Gasteiger charge is 2.57. The van der Waals surface area contributed by atoms with Gasteiger partial charge in [0, 0.05) is 60.4 Å². The van der Waals surface area contributed by atoms with Gasteiger partial charge in [-0.05, 0) is 171 Å². The van der Waals surface area contributed by atoms with Crippen molar-refractivity contribution in [1.29, 1.82) is 0 Å². The first-order valence-electron chi connectivity index (χ1n) is 27.5. The molecule has 0 saturated heterocycles. The van der Waals surface area contributed by atoms with E-state index in [0.29, 0.717) is 79.5 Å². The minimum absolute atomic E-state index is 0.0641. The highest BCUT2D eigenvalue weighted by atomic mass is 35.5. The number of nitrogens with one attached hydrogen (secondary N) is 6. The van der Waals surface area contributed by atoms with Gasteiger partial charge in [-0.3, -0.25) is 33.4 Å². The molecule has 0 unspecified atom stereocenters. The molecule has 0 atom stereocenters. The van der Waals surface area contributed by atoms with Crippen LogP contribution in [0.2, 0.25) is 15.1 Å². The summed E-state index contributed by atoms with van der Waals surface area (Å²) >= 11 is 19.7. The van der Waals surface area contributed by atoms with E-state index in [9.17, 15) is 28.8 Å². The molecule has 3 fully saturated rings. The van der Waals surface area contributed by atoms with E-state index in [-0.39, 0.29) is 65.2 Å². The zero-order valence-corrected chi connectivity index (χ0v) is 48.3. The number of benzene rings is 6. The quantitative estimate of drug-likeness (QED) is 0.0476. The van der Waals surface area contributed by atoms with Gasteiger partial charge in [0.25, 0.3) is 35.4 Å². The number of halogens is 3. The monoisotopic (exact) mass is 1210 g/mol. The lowest BCUT2D eigenvalue weighted by Gasteiger charge is -2.58. The molecule has 17 nitrogen and oxygen atoms in total. The Morgan fingerprint density at radius 3 is 1.39 bits per heavy atom. The van der Waals surface area contributed by atoms with E-state index in [4.69, 9.17) is 39.2 Å².